The van der Waals surface area contributed by atoms with Crippen LogP contribution in [0.15, 0.2) is 97.1 Å². The number of para-hydroxylation sites is 1. The van der Waals surface area contributed by atoms with E-state index < -0.39 is 23.4 Å². The van der Waals surface area contributed by atoms with Crippen LogP contribution in [-0.2, 0) is 0 Å². The van der Waals surface area contributed by atoms with Gasteiger partial charge < -0.3 is 19.1 Å². The molecule has 1 spiro atoms. The van der Waals surface area contributed by atoms with E-state index in [9.17, 15) is 14.4 Å². The van der Waals surface area contributed by atoms with Gasteiger partial charge in [0.25, 0.3) is 0 Å². The van der Waals surface area contributed by atoms with Crippen molar-refractivity contribution < 1.29 is 28.6 Å². The summed E-state index contributed by atoms with van der Waals surface area (Å²) in [5.74, 6) is -0.0789. The molecule has 0 aromatic heterocycles. The van der Waals surface area contributed by atoms with E-state index in [1.807, 2.05) is 47.4 Å². The lowest BCUT2D eigenvalue weighted by Gasteiger charge is -2.37. The number of ketones is 3. The average Bonchev–Trinajstić information content (AvgIpc) is 3.50. The minimum absolute atomic E-state index is 0.214. The number of anilines is 1. The van der Waals surface area contributed by atoms with Crippen LogP contribution in [0.2, 0.25) is 0 Å². The van der Waals surface area contributed by atoms with Gasteiger partial charge in [0, 0.05) is 39.9 Å². The first kappa shape index (κ1) is 26.7. The Bertz CT molecular complexity index is 1790. The van der Waals surface area contributed by atoms with Gasteiger partial charge in [-0.2, -0.15) is 0 Å². The highest BCUT2D eigenvalue weighted by molar-refractivity contribution is 6.32. The van der Waals surface area contributed by atoms with Gasteiger partial charge in [-0.25, -0.2) is 0 Å². The number of rotatable bonds is 6. The molecular weight excluding hydrogens is 542 g/mol. The van der Waals surface area contributed by atoms with Crippen LogP contribution in [0, 0.1) is 5.41 Å². The van der Waals surface area contributed by atoms with Gasteiger partial charge in [0.15, 0.2) is 17.3 Å². The maximum Gasteiger partial charge on any atom is 0.185 e. The number of nitrogens with zero attached hydrogens (tertiary/aromatic N) is 1. The molecule has 4 aromatic rings. The van der Waals surface area contributed by atoms with Crippen LogP contribution in [0.4, 0.5) is 5.69 Å². The van der Waals surface area contributed by atoms with Gasteiger partial charge in [0.1, 0.15) is 28.7 Å². The monoisotopic (exact) mass is 571 g/mol. The van der Waals surface area contributed by atoms with Crippen molar-refractivity contribution in [2.75, 3.05) is 26.2 Å². The van der Waals surface area contributed by atoms with E-state index >= 15 is 0 Å². The highest BCUT2D eigenvalue weighted by atomic mass is 16.5. The quantitative estimate of drug-likeness (QED) is 0.207. The molecule has 2 heterocycles. The largest absolute Gasteiger partial charge is 0.497 e. The number of methoxy groups -OCH3 is 3. The van der Waals surface area contributed by atoms with E-state index in [1.54, 1.807) is 74.9 Å². The van der Waals surface area contributed by atoms with Crippen molar-refractivity contribution in [2.24, 2.45) is 5.41 Å². The van der Waals surface area contributed by atoms with Crippen LogP contribution in [0.1, 0.15) is 48.1 Å². The number of hydrogen-bond donors (Lipinski definition) is 0. The minimum Gasteiger partial charge on any atom is -0.497 e. The zero-order valence-electron chi connectivity index (χ0n) is 23.9. The summed E-state index contributed by atoms with van der Waals surface area (Å²) in [4.78, 5) is 46.5. The molecule has 0 unspecified atom stereocenters. The molecular formula is C36H29NO6. The van der Waals surface area contributed by atoms with E-state index in [4.69, 9.17) is 14.2 Å². The molecule has 2 aliphatic heterocycles. The zero-order valence-corrected chi connectivity index (χ0v) is 23.9. The fourth-order valence-electron chi connectivity index (χ4n) is 7.26. The molecule has 43 heavy (non-hydrogen) atoms. The molecule has 1 fully saturated rings. The van der Waals surface area contributed by atoms with Crippen molar-refractivity contribution in [2.45, 2.75) is 18.0 Å². The number of hydrogen-bond acceptors (Lipinski definition) is 7. The summed E-state index contributed by atoms with van der Waals surface area (Å²) in [5.41, 5.74) is 1.84. The lowest BCUT2D eigenvalue weighted by molar-refractivity contribution is 0.0665. The van der Waals surface area contributed by atoms with Crippen LogP contribution in [0.3, 0.4) is 0 Å². The molecule has 3 atom stereocenters. The molecule has 0 bridgehead atoms. The van der Waals surface area contributed by atoms with Gasteiger partial charge in [0.2, 0.25) is 0 Å². The summed E-state index contributed by atoms with van der Waals surface area (Å²) in [6.45, 7) is 0. The Morgan fingerprint density at radius 2 is 1.37 bits per heavy atom. The Kier molecular flexibility index (Phi) is 6.20. The van der Waals surface area contributed by atoms with Crippen molar-refractivity contribution in [1.82, 2.24) is 0 Å². The fraction of sp³-hybridized carbons (Fsp3) is 0.194. The first-order chi connectivity index (χ1) is 20.9. The number of ether oxygens (including phenoxy) is 3. The summed E-state index contributed by atoms with van der Waals surface area (Å²) in [5, 5.41) is 0. The molecule has 1 saturated heterocycles. The normalized spacial score (nSPS) is 20.9. The van der Waals surface area contributed by atoms with E-state index in [0.717, 1.165) is 11.3 Å². The number of fused-ring (bicyclic) bond motifs is 5. The molecule has 7 heteroatoms. The molecule has 7 nitrogen and oxygen atoms in total. The summed E-state index contributed by atoms with van der Waals surface area (Å²) < 4.78 is 16.7. The first-order valence-electron chi connectivity index (χ1n) is 14.1. The molecule has 7 rings (SSSR count). The molecule has 0 saturated carbocycles. The van der Waals surface area contributed by atoms with Gasteiger partial charge >= 0.3 is 0 Å². The lowest BCUT2D eigenvalue weighted by Crippen LogP contribution is -2.48. The molecule has 3 aliphatic rings. The molecule has 1 aliphatic carbocycles. The number of Topliss-reactive ketones (excluding diaryl/α,β-unsaturated/α-hetero) is 3. The van der Waals surface area contributed by atoms with Crippen LogP contribution in [0.5, 0.6) is 17.2 Å². The minimum atomic E-state index is -1.62. The van der Waals surface area contributed by atoms with Crippen molar-refractivity contribution in [3.63, 3.8) is 0 Å². The Labute approximate surface area is 249 Å². The summed E-state index contributed by atoms with van der Waals surface area (Å²) in [7, 11) is 4.67. The molecule has 0 amide bonds. The number of benzene rings is 4. The Morgan fingerprint density at radius 3 is 2.02 bits per heavy atom. The summed E-state index contributed by atoms with van der Waals surface area (Å²) >= 11 is 0. The first-order valence-corrected chi connectivity index (χ1v) is 14.1. The SMILES string of the molecule is COc1ccc(C(=O)[C@H]2[C@H](c3ccc(OC)cc3OC)C3(C(=O)c4ccccc4C3=O)[C@H]3C=Cc4ccccc4N23)cc1. The lowest BCUT2D eigenvalue weighted by atomic mass is 9.64. The third-order valence-corrected chi connectivity index (χ3v) is 9.13. The molecule has 214 valence electrons. The summed E-state index contributed by atoms with van der Waals surface area (Å²) in [6, 6.07) is 25.3. The van der Waals surface area contributed by atoms with Crippen molar-refractivity contribution in [1.29, 1.82) is 0 Å². The van der Waals surface area contributed by atoms with E-state index in [-0.39, 0.29) is 17.3 Å². The predicted octanol–water partition coefficient (Wildman–Crippen LogP) is 6.03. The highest BCUT2D eigenvalue weighted by Gasteiger charge is 2.72. The Morgan fingerprint density at radius 1 is 0.744 bits per heavy atom. The highest BCUT2D eigenvalue weighted by Crippen LogP contribution is 2.62. The second-order valence-corrected chi connectivity index (χ2v) is 11.0. The summed E-state index contributed by atoms with van der Waals surface area (Å²) in [6.07, 6.45) is 3.86. The topological polar surface area (TPSA) is 82.1 Å². The third kappa shape index (κ3) is 3.64. The predicted molar refractivity (Wildman–Crippen MR) is 163 cm³/mol. The molecule has 4 aromatic carbocycles. The van der Waals surface area contributed by atoms with Crippen LogP contribution in [-0.4, -0.2) is 50.8 Å². The van der Waals surface area contributed by atoms with Gasteiger partial charge in [-0.05, 0) is 42.0 Å². The van der Waals surface area contributed by atoms with Crippen LogP contribution >= 0.6 is 0 Å². The van der Waals surface area contributed by atoms with Crippen molar-refractivity contribution in [3.8, 4) is 17.2 Å². The smallest absolute Gasteiger partial charge is 0.185 e. The Balaban J connectivity index is 1.55. The van der Waals surface area contributed by atoms with E-state index in [0.29, 0.717) is 39.5 Å². The second-order valence-electron chi connectivity index (χ2n) is 11.0. The third-order valence-electron chi connectivity index (χ3n) is 9.13. The van der Waals surface area contributed by atoms with Gasteiger partial charge in [-0.3, -0.25) is 14.4 Å². The molecule has 0 N–H and O–H groups in total. The van der Waals surface area contributed by atoms with Crippen molar-refractivity contribution in [3.05, 3.63) is 125 Å². The van der Waals surface area contributed by atoms with Crippen LogP contribution in [0.25, 0.3) is 6.08 Å². The Hall–Kier alpha value is -5.17. The average molecular weight is 572 g/mol. The second kappa shape index (κ2) is 9.98. The van der Waals surface area contributed by atoms with Gasteiger partial charge in [0.05, 0.1) is 27.4 Å². The zero-order chi connectivity index (χ0) is 29.9. The maximum atomic E-state index is 14.8. The standard InChI is InChI=1S/C36H29NO6/c1-41-23-15-12-22(13-16-23)33(38)32-31(27-18-17-24(42-2)20-29(27)43-3)36(34(39)25-9-5-6-10-26(25)35(36)40)30-19-14-21-8-4-7-11-28(21)37(30)32/h4-20,30-32H,1-3H3/t30-,31+,32-/m1/s1. The van der Waals surface area contributed by atoms with Gasteiger partial charge in [-0.1, -0.05) is 60.7 Å². The maximum absolute atomic E-state index is 14.8. The van der Waals surface area contributed by atoms with Crippen LogP contribution < -0.4 is 19.1 Å². The molecule has 0 radical (unpaired) electrons. The van der Waals surface area contributed by atoms with E-state index in [2.05, 4.69) is 0 Å². The van der Waals surface area contributed by atoms with Crippen molar-refractivity contribution >= 4 is 29.1 Å². The number of carbonyl (C=O) groups is 3. The van der Waals surface area contributed by atoms with Gasteiger partial charge in [-0.15, -0.1) is 0 Å². The fourth-order valence-corrected chi connectivity index (χ4v) is 7.26. The van der Waals surface area contributed by atoms with E-state index in [1.165, 1.54) is 7.11 Å². The number of carbonyl (C=O) groups excluding carboxylic acids is 3.